The van der Waals surface area contributed by atoms with E-state index >= 15 is 0 Å². The van der Waals surface area contributed by atoms with Crippen molar-refractivity contribution in [3.05, 3.63) is 29.8 Å². The summed E-state index contributed by atoms with van der Waals surface area (Å²) >= 11 is 0. The molecule has 0 bridgehead atoms. The third-order valence-corrected chi connectivity index (χ3v) is 9.10. The van der Waals surface area contributed by atoms with Crippen molar-refractivity contribution in [3.63, 3.8) is 0 Å². The smallest absolute Gasteiger partial charge is 0.545 e. The maximum atomic E-state index is 10.8. The summed E-state index contributed by atoms with van der Waals surface area (Å²) in [4.78, 5) is 10.8. The van der Waals surface area contributed by atoms with Crippen LogP contribution in [0.5, 0.6) is 0 Å². The number of hydrogen-bond acceptors (Lipinski definition) is 3. The second kappa shape index (κ2) is 17.4. The van der Waals surface area contributed by atoms with Gasteiger partial charge in [-0.25, -0.2) is 0 Å². The third kappa shape index (κ3) is 15.2. The van der Waals surface area contributed by atoms with Crippen molar-refractivity contribution in [1.29, 1.82) is 0 Å². The average molecular weight is 428 g/mol. The van der Waals surface area contributed by atoms with E-state index < -0.39 is 14.0 Å². The molecule has 0 spiro atoms. The van der Waals surface area contributed by atoms with E-state index in [1.807, 2.05) is 12.1 Å². The van der Waals surface area contributed by atoms with Crippen molar-refractivity contribution in [2.24, 2.45) is 0 Å². The molecule has 0 radical (unpaired) electrons. The number of rotatable bonds is 17. The third-order valence-electron chi connectivity index (χ3n) is 5.69. The molecule has 0 heterocycles. The summed E-state index contributed by atoms with van der Waals surface area (Å²) in [5, 5.41) is 14.2. The molecule has 0 aliphatic carbocycles. The second-order valence-electron chi connectivity index (χ2n) is 8.99. The van der Waals surface area contributed by atoms with E-state index in [-0.39, 0.29) is 35.1 Å². The molecule has 0 aliphatic heterocycles. The zero-order chi connectivity index (χ0) is 20.7. The van der Waals surface area contributed by atoms with Gasteiger partial charge in [0.2, 0.25) is 0 Å². The molecule has 1 aromatic carbocycles. The number of nitrogens with one attached hydrogen (secondary N) is 1. The zero-order valence-electron chi connectivity index (χ0n) is 19.5. The van der Waals surface area contributed by atoms with E-state index in [1.165, 1.54) is 82.7 Å². The molecule has 0 unspecified atom stereocenters. The molecule has 0 amide bonds. The minimum absolute atomic E-state index is 0. The van der Waals surface area contributed by atoms with Crippen LogP contribution in [-0.4, -0.2) is 20.6 Å². The monoisotopic (exact) mass is 427 g/mol. The Bertz CT molecular complexity index is 534. The van der Waals surface area contributed by atoms with E-state index in [9.17, 15) is 9.90 Å². The van der Waals surface area contributed by atoms with E-state index in [0.29, 0.717) is 0 Å². The summed E-state index contributed by atoms with van der Waals surface area (Å²) < 4.78 is 0. The van der Waals surface area contributed by atoms with Crippen LogP contribution in [0, 0.1) is 0 Å². The summed E-state index contributed by atoms with van der Waals surface area (Å²) in [7, 11) is -1.08. The summed E-state index contributed by atoms with van der Waals surface area (Å²) in [6.07, 6.45) is 15.3. The molecule has 0 atom stereocenters. The predicted molar refractivity (Wildman–Crippen MR) is 123 cm³/mol. The Kier molecular flexibility index (Phi) is 17.2. The van der Waals surface area contributed by atoms with Crippen LogP contribution < -0.4 is 40.0 Å². The van der Waals surface area contributed by atoms with E-state index in [2.05, 4.69) is 25.3 Å². The van der Waals surface area contributed by atoms with Crippen molar-refractivity contribution in [2.45, 2.75) is 103 Å². The molecule has 160 valence electrons. The quantitative estimate of drug-likeness (QED) is 0.306. The van der Waals surface area contributed by atoms with Gasteiger partial charge in [0.05, 0.1) is 5.97 Å². The summed E-state index contributed by atoms with van der Waals surface area (Å²) in [5.41, 5.74) is 1.22. The molecular weight excluding hydrogens is 385 g/mol. The van der Waals surface area contributed by atoms with Gasteiger partial charge in [-0.2, -0.15) is 0 Å². The fraction of sp³-hybridized carbons (Fsp3) is 0.708. The molecule has 29 heavy (non-hydrogen) atoms. The van der Waals surface area contributed by atoms with Gasteiger partial charge in [-0.1, -0.05) is 108 Å². The summed E-state index contributed by atoms with van der Waals surface area (Å²) in [5.74, 6) is -1.12. The first-order chi connectivity index (χ1) is 13.4. The van der Waals surface area contributed by atoms with E-state index in [0.717, 1.165) is 12.2 Å². The zero-order valence-corrected chi connectivity index (χ0v) is 22.5. The van der Waals surface area contributed by atoms with Crippen molar-refractivity contribution in [1.82, 2.24) is 0 Å². The minimum Gasteiger partial charge on any atom is -0.545 e. The number of carboxylic acids is 1. The molecule has 5 heteroatoms. The topological polar surface area (TPSA) is 52.2 Å². The van der Waals surface area contributed by atoms with Gasteiger partial charge in [-0.15, -0.1) is 0 Å². The fourth-order valence-electron chi connectivity index (χ4n) is 3.74. The van der Waals surface area contributed by atoms with Crippen molar-refractivity contribution in [3.8, 4) is 0 Å². The number of benzene rings is 1. The molecule has 0 aromatic heterocycles. The van der Waals surface area contributed by atoms with Gasteiger partial charge in [0.15, 0.2) is 0 Å². The van der Waals surface area contributed by atoms with Gasteiger partial charge in [0, 0.05) is 20.3 Å². The molecule has 1 aromatic rings. The van der Waals surface area contributed by atoms with Crippen LogP contribution in [0.15, 0.2) is 24.3 Å². The van der Waals surface area contributed by atoms with Crippen LogP contribution in [0.25, 0.3) is 0 Å². The molecular formula is C24H42NNaO2Si. The Morgan fingerprint density at radius 3 is 1.83 bits per heavy atom. The Morgan fingerprint density at radius 2 is 1.31 bits per heavy atom. The van der Waals surface area contributed by atoms with Crippen LogP contribution in [-0.2, 0) is 0 Å². The van der Waals surface area contributed by atoms with Gasteiger partial charge < -0.3 is 15.2 Å². The Morgan fingerprint density at radius 1 is 0.828 bits per heavy atom. The molecule has 1 rings (SSSR count). The minimum atomic E-state index is -1.12. The molecule has 0 saturated heterocycles. The van der Waals surface area contributed by atoms with Crippen LogP contribution >= 0.6 is 0 Å². The standard InChI is InChI=1S/C24H43NO2Si.Na/c1-4-5-6-7-8-9-10-11-12-13-20-28(2,3)21-14-19-25-23-17-15-22(16-18-23)24(26)27;/h15-18,25H,4-14,19-21H2,1-3H3,(H,26,27);/q;+1/p-1. The molecule has 3 nitrogen and oxygen atoms in total. The second-order valence-corrected chi connectivity index (χ2v) is 14.3. The van der Waals surface area contributed by atoms with Gasteiger partial charge in [0.25, 0.3) is 0 Å². The first kappa shape index (κ1) is 28.7. The van der Waals surface area contributed by atoms with Crippen LogP contribution in [0.2, 0.25) is 25.2 Å². The van der Waals surface area contributed by atoms with Crippen LogP contribution in [0.3, 0.4) is 0 Å². The largest absolute Gasteiger partial charge is 1.00 e. The van der Waals surface area contributed by atoms with Gasteiger partial charge in [-0.05, 0) is 24.1 Å². The molecule has 1 N–H and O–H groups in total. The molecule has 0 aliphatic rings. The number of unbranched alkanes of at least 4 members (excludes halogenated alkanes) is 9. The van der Waals surface area contributed by atoms with E-state index in [1.54, 1.807) is 12.1 Å². The number of hydrogen-bond donors (Lipinski definition) is 1. The van der Waals surface area contributed by atoms with Gasteiger partial charge >= 0.3 is 29.6 Å². The van der Waals surface area contributed by atoms with Crippen LogP contribution in [0.4, 0.5) is 5.69 Å². The van der Waals surface area contributed by atoms with Crippen molar-refractivity contribution < 1.29 is 39.5 Å². The Balaban J connectivity index is 0.00000784. The van der Waals surface area contributed by atoms with Crippen molar-refractivity contribution >= 4 is 19.7 Å². The predicted octanol–water partition coefficient (Wildman–Crippen LogP) is 3.49. The summed E-state index contributed by atoms with van der Waals surface area (Å²) in [6, 6.07) is 9.64. The number of carboxylic acid groups (broad SMARTS) is 1. The maximum absolute atomic E-state index is 10.8. The van der Waals surface area contributed by atoms with Gasteiger partial charge in [0.1, 0.15) is 0 Å². The first-order valence-corrected chi connectivity index (χ1v) is 14.9. The number of anilines is 1. The van der Waals surface area contributed by atoms with Crippen molar-refractivity contribution in [2.75, 3.05) is 11.9 Å². The number of carbonyl (C=O) groups excluding carboxylic acids is 1. The summed E-state index contributed by atoms with van der Waals surface area (Å²) in [6.45, 7) is 8.28. The normalized spacial score (nSPS) is 11.1. The van der Waals surface area contributed by atoms with E-state index in [4.69, 9.17) is 0 Å². The maximum Gasteiger partial charge on any atom is 1.00 e. The Hall–Kier alpha value is -0.293. The fourth-order valence-corrected chi connectivity index (χ4v) is 6.33. The average Bonchev–Trinajstić information content (AvgIpc) is 2.67. The SMILES string of the molecule is CCCCCCCCCCCC[Si](C)(C)CCCNc1ccc(C(=O)[O-])cc1.[Na+]. The first-order valence-electron chi connectivity index (χ1n) is 11.5. The Labute approximate surface area is 202 Å². The number of carbonyl (C=O) groups is 1. The van der Waals surface area contributed by atoms with Crippen LogP contribution in [0.1, 0.15) is 87.9 Å². The van der Waals surface area contributed by atoms with Gasteiger partial charge in [-0.3, -0.25) is 0 Å². The number of aromatic carboxylic acids is 1. The molecule has 0 fully saturated rings. The molecule has 0 saturated carbocycles.